The fourth-order valence-corrected chi connectivity index (χ4v) is 4.62. The summed E-state index contributed by atoms with van der Waals surface area (Å²) in [6.07, 6.45) is 1.51. The summed E-state index contributed by atoms with van der Waals surface area (Å²) in [4.78, 5) is 19.1. The predicted octanol–water partition coefficient (Wildman–Crippen LogP) is 2.59. The molecular weight excluding hydrogens is 409 g/mol. The normalized spacial score (nSPS) is 18.0. The van der Waals surface area contributed by atoms with Crippen LogP contribution in [0.1, 0.15) is 34.5 Å². The first kappa shape index (κ1) is 20.3. The van der Waals surface area contributed by atoms with Crippen LogP contribution in [-0.4, -0.2) is 50.5 Å². The molecule has 9 heteroatoms. The lowest BCUT2D eigenvalue weighted by Crippen LogP contribution is -2.23. The third-order valence-electron chi connectivity index (χ3n) is 6.02. The van der Waals surface area contributed by atoms with Gasteiger partial charge in [-0.15, -0.1) is 0 Å². The number of nitrogens with zero attached hydrogens (tertiary/aromatic N) is 5. The summed E-state index contributed by atoms with van der Waals surface area (Å²) in [5.41, 5.74) is 3.10. The smallest absolute Gasteiger partial charge is 0.272 e. The van der Waals surface area contributed by atoms with E-state index in [4.69, 9.17) is 0 Å². The van der Waals surface area contributed by atoms with Gasteiger partial charge in [-0.2, -0.15) is 10.2 Å². The maximum atomic E-state index is 14.3. The lowest BCUT2D eigenvalue weighted by molar-refractivity contribution is 0.402. The Morgan fingerprint density at radius 3 is 2.69 bits per heavy atom. The highest BCUT2D eigenvalue weighted by Gasteiger charge is 2.36. The van der Waals surface area contributed by atoms with Gasteiger partial charge in [0.15, 0.2) is 0 Å². The second-order valence-electron chi connectivity index (χ2n) is 8.50. The quantitative estimate of drug-likeness (QED) is 0.514. The van der Waals surface area contributed by atoms with Crippen LogP contribution in [-0.2, 0) is 13.6 Å². The molecule has 4 aromatic rings. The van der Waals surface area contributed by atoms with Crippen molar-refractivity contribution in [3.05, 3.63) is 81.5 Å². The Balaban J connectivity index is 1.71. The zero-order valence-corrected chi connectivity index (χ0v) is 18.1. The standard InChI is InChI=1S/C23H24FN7O/c1-30(2)11-13-4-6-14(7-5-13)17-10-25-18-9-15(24)8-16-19(18)21(28-29-23(16)32)20(17)22-26-12-27-31(22)3/h4-9,12,17,20,25H,10-11H2,1-3H3,(H,29,32). The first-order valence-corrected chi connectivity index (χ1v) is 10.5. The number of aryl methyl sites for hydroxylation is 1. The van der Waals surface area contributed by atoms with E-state index >= 15 is 0 Å². The number of rotatable bonds is 4. The molecule has 5 rings (SSSR count). The van der Waals surface area contributed by atoms with Crippen LogP contribution in [0.15, 0.2) is 47.5 Å². The monoisotopic (exact) mass is 433 g/mol. The maximum absolute atomic E-state index is 14.3. The lowest BCUT2D eigenvalue weighted by Gasteiger charge is -2.25. The lowest BCUT2D eigenvalue weighted by atomic mass is 9.82. The van der Waals surface area contributed by atoms with Crippen molar-refractivity contribution in [2.24, 2.45) is 7.05 Å². The Morgan fingerprint density at radius 2 is 2.00 bits per heavy atom. The van der Waals surface area contributed by atoms with Gasteiger partial charge in [-0.3, -0.25) is 9.48 Å². The van der Waals surface area contributed by atoms with Gasteiger partial charge < -0.3 is 10.2 Å². The largest absolute Gasteiger partial charge is 0.384 e. The third kappa shape index (κ3) is 3.44. The predicted molar refractivity (Wildman–Crippen MR) is 120 cm³/mol. The van der Waals surface area contributed by atoms with Gasteiger partial charge in [-0.05, 0) is 37.4 Å². The van der Waals surface area contributed by atoms with Crippen LogP contribution in [0, 0.1) is 5.82 Å². The number of aromatic nitrogens is 5. The average Bonchev–Trinajstić information content (AvgIpc) is 3.10. The van der Waals surface area contributed by atoms with E-state index < -0.39 is 11.4 Å². The minimum absolute atomic E-state index is 0.0663. The molecule has 2 N–H and O–H groups in total. The van der Waals surface area contributed by atoms with E-state index in [0.717, 1.165) is 17.9 Å². The number of benzene rings is 2. The number of hydrogen-bond donors (Lipinski definition) is 2. The molecule has 2 aromatic heterocycles. The third-order valence-corrected chi connectivity index (χ3v) is 6.02. The van der Waals surface area contributed by atoms with Crippen molar-refractivity contribution < 1.29 is 4.39 Å². The van der Waals surface area contributed by atoms with E-state index in [-0.39, 0.29) is 17.2 Å². The highest BCUT2D eigenvalue weighted by atomic mass is 19.1. The number of H-pyrrole nitrogens is 1. The van der Waals surface area contributed by atoms with Crippen molar-refractivity contribution >= 4 is 16.5 Å². The molecule has 32 heavy (non-hydrogen) atoms. The zero-order chi connectivity index (χ0) is 22.4. The number of aromatic amines is 1. The molecule has 8 nitrogen and oxygen atoms in total. The molecular formula is C23H24FN7O. The van der Waals surface area contributed by atoms with Crippen molar-refractivity contribution in [2.75, 3.05) is 26.0 Å². The molecule has 2 aromatic carbocycles. The molecule has 1 aliphatic rings. The van der Waals surface area contributed by atoms with Gasteiger partial charge in [0.2, 0.25) is 0 Å². The van der Waals surface area contributed by atoms with E-state index in [1.165, 1.54) is 24.0 Å². The molecule has 0 bridgehead atoms. The molecule has 0 fully saturated rings. The van der Waals surface area contributed by atoms with E-state index in [1.807, 2.05) is 21.1 Å². The topological polar surface area (TPSA) is 91.7 Å². The summed E-state index contributed by atoms with van der Waals surface area (Å²) in [6.45, 7) is 1.37. The van der Waals surface area contributed by atoms with Crippen molar-refractivity contribution in [1.82, 2.24) is 29.9 Å². The highest BCUT2D eigenvalue weighted by Crippen LogP contribution is 2.43. The molecule has 0 saturated heterocycles. The molecule has 0 spiro atoms. The second-order valence-corrected chi connectivity index (χ2v) is 8.50. The van der Waals surface area contributed by atoms with Crippen LogP contribution in [0.5, 0.6) is 0 Å². The highest BCUT2D eigenvalue weighted by molar-refractivity contribution is 5.96. The van der Waals surface area contributed by atoms with Gasteiger partial charge in [0.05, 0.1) is 17.0 Å². The molecule has 0 saturated carbocycles. The van der Waals surface area contributed by atoms with Crippen molar-refractivity contribution in [3.63, 3.8) is 0 Å². The molecule has 164 valence electrons. The summed E-state index contributed by atoms with van der Waals surface area (Å²) in [6, 6.07) is 11.2. The van der Waals surface area contributed by atoms with E-state index in [0.29, 0.717) is 23.3 Å². The fourth-order valence-electron chi connectivity index (χ4n) is 4.62. The molecule has 1 aliphatic heterocycles. The number of halogens is 1. The molecule has 3 heterocycles. The Kier molecular flexibility index (Phi) is 4.97. The zero-order valence-electron chi connectivity index (χ0n) is 18.1. The number of hydrogen-bond acceptors (Lipinski definition) is 6. The summed E-state index contributed by atoms with van der Waals surface area (Å²) < 4.78 is 16.0. The SMILES string of the molecule is CN(C)Cc1ccc(C2CNc3cc(F)cc4c(=O)[nH]nc(c34)C2c2ncnn2C)cc1. The summed E-state index contributed by atoms with van der Waals surface area (Å²) in [7, 11) is 5.92. The Hall–Kier alpha value is -3.59. The van der Waals surface area contributed by atoms with Crippen molar-refractivity contribution in [2.45, 2.75) is 18.4 Å². The Labute approximate surface area is 184 Å². The van der Waals surface area contributed by atoms with Crippen molar-refractivity contribution in [3.8, 4) is 0 Å². The molecule has 0 amide bonds. The Morgan fingerprint density at radius 1 is 1.22 bits per heavy atom. The molecule has 0 radical (unpaired) electrons. The van der Waals surface area contributed by atoms with Crippen LogP contribution >= 0.6 is 0 Å². The summed E-state index contributed by atoms with van der Waals surface area (Å²) >= 11 is 0. The molecule has 0 aliphatic carbocycles. The average molecular weight is 433 g/mol. The Bertz CT molecular complexity index is 1340. The molecule has 2 unspecified atom stereocenters. The van der Waals surface area contributed by atoms with Crippen molar-refractivity contribution in [1.29, 1.82) is 0 Å². The summed E-state index contributed by atoms with van der Waals surface area (Å²) in [5, 5.41) is 15.5. The van der Waals surface area contributed by atoms with E-state index in [1.54, 1.807) is 4.68 Å². The first-order chi connectivity index (χ1) is 15.4. The van der Waals surface area contributed by atoms with Gasteiger partial charge >= 0.3 is 0 Å². The molecule has 2 atom stereocenters. The number of nitrogens with one attached hydrogen (secondary N) is 2. The number of anilines is 1. The van der Waals surface area contributed by atoms with Gasteiger partial charge in [0.1, 0.15) is 18.0 Å². The minimum Gasteiger partial charge on any atom is -0.384 e. The van der Waals surface area contributed by atoms with E-state index in [2.05, 4.69) is 54.8 Å². The van der Waals surface area contributed by atoms with Gasteiger partial charge in [-0.25, -0.2) is 14.5 Å². The fraction of sp³-hybridized carbons (Fsp3) is 0.304. The van der Waals surface area contributed by atoms with Crippen LogP contribution in [0.3, 0.4) is 0 Å². The van der Waals surface area contributed by atoms with Gasteiger partial charge in [0.25, 0.3) is 5.56 Å². The van der Waals surface area contributed by atoms with Crippen LogP contribution in [0.2, 0.25) is 0 Å². The van der Waals surface area contributed by atoms with Crippen LogP contribution < -0.4 is 10.9 Å². The second kappa shape index (κ2) is 7.83. The summed E-state index contributed by atoms with van der Waals surface area (Å²) in [5.74, 6) is -0.0966. The first-order valence-electron chi connectivity index (χ1n) is 10.5. The van der Waals surface area contributed by atoms with Gasteiger partial charge in [-0.1, -0.05) is 24.3 Å². The van der Waals surface area contributed by atoms with Crippen LogP contribution in [0.25, 0.3) is 10.8 Å². The maximum Gasteiger partial charge on any atom is 0.272 e. The van der Waals surface area contributed by atoms with E-state index in [9.17, 15) is 9.18 Å². The van der Waals surface area contributed by atoms with Crippen LogP contribution in [0.4, 0.5) is 10.1 Å². The van der Waals surface area contributed by atoms with Gasteiger partial charge in [0, 0.05) is 37.1 Å². The minimum atomic E-state index is -0.468.